The highest BCUT2D eigenvalue weighted by molar-refractivity contribution is 7.97. The molecule has 0 aliphatic rings. The molecule has 19 heavy (non-hydrogen) atoms. The van der Waals surface area contributed by atoms with Gasteiger partial charge in [0.1, 0.15) is 0 Å². The smallest absolute Gasteiger partial charge is 0.305 e. The number of benzene rings is 1. The number of rotatable bonds is 9. The third kappa shape index (κ3) is 7.26. The van der Waals surface area contributed by atoms with E-state index in [2.05, 4.69) is 30.5 Å². The molecule has 0 saturated carbocycles. The molecule has 0 radical (unpaired) electrons. The molecule has 0 N–H and O–H groups in total. The second-order valence-electron chi connectivity index (χ2n) is 4.62. The molecule has 0 atom stereocenters. The summed E-state index contributed by atoms with van der Waals surface area (Å²) < 4.78 is 4.90. The van der Waals surface area contributed by atoms with Crippen molar-refractivity contribution in [3.63, 3.8) is 0 Å². The minimum Gasteiger partial charge on any atom is -0.466 e. The highest BCUT2D eigenvalue weighted by Crippen LogP contribution is 2.13. The Hall–Kier alpha value is -0.960. The molecule has 1 rings (SSSR count). The third-order valence-corrected chi connectivity index (χ3v) is 3.61. The topological polar surface area (TPSA) is 26.3 Å². The van der Waals surface area contributed by atoms with E-state index in [4.69, 9.17) is 4.74 Å². The van der Waals surface area contributed by atoms with Crippen LogP contribution in [0.4, 0.5) is 0 Å². The van der Waals surface area contributed by atoms with Gasteiger partial charge in [-0.05, 0) is 43.6 Å². The molecule has 0 saturated heterocycles. The molecular formula is C16H24O2S. The zero-order chi connectivity index (χ0) is 13.9. The van der Waals surface area contributed by atoms with Gasteiger partial charge in [0.05, 0.1) is 6.61 Å². The van der Waals surface area contributed by atoms with E-state index in [1.165, 1.54) is 11.1 Å². The summed E-state index contributed by atoms with van der Waals surface area (Å²) in [4.78, 5) is 11.2. The summed E-state index contributed by atoms with van der Waals surface area (Å²) in [6.07, 6.45) is 6.94. The first-order chi connectivity index (χ1) is 9.26. The molecule has 0 heterocycles. The molecule has 1 aromatic rings. The van der Waals surface area contributed by atoms with E-state index >= 15 is 0 Å². The lowest BCUT2D eigenvalue weighted by molar-refractivity contribution is -0.143. The highest BCUT2D eigenvalue weighted by atomic mass is 32.2. The number of carbonyl (C=O) groups is 1. The van der Waals surface area contributed by atoms with E-state index in [-0.39, 0.29) is 5.97 Å². The van der Waals surface area contributed by atoms with E-state index in [0.717, 1.165) is 31.4 Å². The Morgan fingerprint density at radius 1 is 1.11 bits per heavy atom. The summed E-state index contributed by atoms with van der Waals surface area (Å²) in [5.74, 6) is 1.02. The van der Waals surface area contributed by atoms with Gasteiger partial charge in [-0.25, -0.2) is 0 Å². The second-order valence-corrected chi connectivity index (χ2v) is 5.48. The van der Waals surface area contributed by atoms with E-state index in [9.17, 15) is 4.79 Å². The van der Waals surface area contributed by atoms with Crippen LogP contribution in [0.15, 0.2) is 24.3 Å². The molecular weight excluding hydrogens is 256 g/mol. The Labute approximate surface area is 120 Å². The number of aryl methyl sites for hydroxylation is 1. The Morgan fingerprint density at radius 3 is 2.42 bits per heavy atom. The molecule has 0 spiro atoms. The van der Waals surface area contributed by atoms with Crippen LogP contribution in [0.1, 0.15) is 43.7 Å². The molecule has 1 aromatic carbocycles. The van der Waals surface area contributed by atoms with Crippen LogP contribution in [0, 0.1) is 0 Å². The summed E-state index contributed by atoms with van der Waals surface area (Å²) in [5, 5.41) is 0. The van der Waals surface area contributed by atoms with Crippen molar-refractivity contribution in [3.05, 3.63) is 35.4 Å². The largest absolute Gasteiger partial charge is 0.466 e. The first-order valence-corrected chi connectivity index (χ1v) is 8.38. The molecule has 0 unspecified atom stereocenters. The van der Waals surface area contributed by atoms with Crippen molar-refractivity contribution in [3.8, 4) is 0 Å². The number of hydrogen-bond donors (Lipinski definition) is 0. The highest BCUT2D eigenvalue weighted by Gasteiger charge is 2.01. The van der Waals surface area contributed by atoms with Crippen LogP contribution in [-0.4, -0.2) is 18.8 Å². The molecule has 0 aliphatic carbocycles. The molecule has 0 aromatic heterocycles. The Bertz CT molecular complexity index is 360. The van der Waals surface area contributed by atoms with Crippen LogP contribution in [0.3, 0.4) is 0 Å². The van der Waals surface area contributed by atoms with Crippen LogP contribution in [0.5, 0.6) is 0 Å². The van der Waals surface area contributed by atoms with Gasteiger partial charge in [-0.3, -0.25) is 4.79 Å². The van der Waals surface area contributed by atoms with Crippen LogP contribution >= 0.6 is 11.8 Å². The maximum absolute atomic E-state index is 11.2. The Kier molecular flexibility index (Phi) is 8.39. The minimum atomic E-state index is -0.0658. The van der Waals surface area contributed by atoms with Gasteiger partial charge in [-0.2, -0.15) is 11.8 Å². The first-order valence-electron chi connectivity index (χ1n) is 6.98. The van der Waals surface area contributed by atoms with Gasteiger partial charge in [0.25, 0.3) is 0 Å². The van der Waals surface area contributed by atoms with Gasteiger partial charge < -0.3 is 4.74 Å². The SMILES string of the molecule is CCOC(=O)CCCCCc1ccc(CSC)cc1. The van der Waals surface area contributed by atoms with Crippen molar-refractivity contribution in [2.24, 2.45) is 0 Å². The summed E-state index contributed by atoms with van der Waals surface area (Å²) in [7, 11) is 0. The van der Waals surface area contributed by atoms with Gasteiger partial charge in [0.2, 0.25) is 0 Å². The summed E-state index contributed by atoms with van der Waals surface area (Å²) in [6.45, 7) is 2.33. The number of thioether (sulfide) groups is 1. The van der Waals surface area contributed by atoms with Crippen LogP contribution in [-0.2, 0) is 21.7 Å². The average Bonchev–Trinajstić information content (AvgIpc) is 2.41. The standard InChI is InChI=1S/C16H24O2S/c1-3-18-16(17)8-6-4-5-7-14-9-11-15(12-10-14)13-19-2/h9-12H,3-8,13H2,1-2H3. The average molecular weight is 280 g/mol. The van der Waals surface area contributed by atoms with Crippen molar-refractivity contribution in [2.75, 3.05) is 12.9 Å². The summed E-state index contributed by atoms with van der Waals surface area (Å²) >= 11 is 1.85. The van der Waals surface area contributed by atoms with Gasteiger partial charge in [-0.1, -0.05) is 30.7 Å². The summed E-state index contributed by atoms with van der Waals surface area (Å²) in [5.41, 5.74) is 2.78. The third-order valence-electron chi connectivity index (χ3n) is 2.99. The van der Waals surface area contributed by atoms with Gasteiger partial charge in [0, 0.05) is 12.2 Å². The van der Waals surface area contributed by atoms with Crippen LogP contribution < -0.4 is 0 Å². The van der Waals surface area contributed by atoms with E-state index < -0.39 is 0 Å². The van der Waals surface area contributed by atoms with Crippen molar-refractivity contribution in [1.82, 2.24) is 0 Å². The molecule has 106 valence electrons. The van der Waals surface area contributed by atoms with Crippen LogP contribution in [0.2, 0.25) is 0 Å². The van der Waals surface area contributed by atoms with E-state index in [1.54, 1.807) is 0 Å². The zero-order valence-corrected chi connectivity index (χ0v) is 12.8. The van der Waals surface area contributed by atoms with E-state index in [1.807, 2.05) is 18.7 Å². The molecule has 0 aliphatic heterocycles. The second kappa shape index (κ2) is 9.90. The quantitative estimate of drug-likeness (QED) is 0.500. The predicted molar refractivity (Wildman–Crippen MR) is 82.5 cm³/mol. The number of ether oxygens (including phenoxy) is 1. The number of unbranched alkanes of at least 4 members (excludes halogenated alkanes) is 2. The lowest BCUT2D eigenvalue weighted by atomic mass is 10.0. The monoisotopic (exact) mass is 280 g/mol. The fourth-order valence-corrected chi connectivity index (χ4v) is 2.50. The predicted octanol–water partition coefficient (Wildman–Crippen LogP) is 4.22. The van der Waals surface area contributed by atoms with Crippen molar-refractivity contribution in [1.29, 1.82) is 0 Å². The lowest BCUT2D eigenvalue weighted by Crippen LogP contribution is -2.03. The number of hydrogen-bond acceptors (Lipinski definition) is 3. The minimum absolute atomic E-state index is 0.0658. The molecule has 0 fully saturated rings. The normalized spacial score (nSPS) is 10.4. The zero-order valence-electron chi connectivity index (χ0n) is 12.0. The number of esters is 1. The van der Waals surface area contributed by atoms with Gasteiger partial charge in [-0.15, -0.1) is 0 Å². The molecule has 2 nitrogen and oxygen atoms in total. The Morgan fingerprint density at radius 2 is 1.79 bits per heavy atom. The number of carbonyl (C=O) groups excluding carboxylic acids is 1. The van der Waals surface area contributed by atoms with Gasteiger partial charge in [0.15, 0.2) is 0 Å². The van der Waals surface area contributed by atoms with Gasteiger partial charge >= 0.3 is 5.97 Å². The summed E-state index contributed by atoms with van der Waals surface area (Å²) in [6, 6.07) is 8.86. The lowest BCUT2D eigenvalue weighted by Gasteiger charge is -2.04. The fourth-order valence-electron chi connectivity index (χ4n) is 1.98. The van der Waals surface area contributed by atoms with Crippen molar-refractivity contribution >= 4 is 17.7 Å². The molecule has 0 bridgehead atoms. The van der Waals surface area contributed by atoms with E-state index in [0.29, 0.717) is 13.0 Å². The first kappa shape index (κ1) is 16.1. The van der Waals surface area contributed by atoms with Crippen molar-refractivity contribution in [2.45, 2.75) is 44.8 Å². The maximum Gasteiger partial charge on any atom is 0.305 e. The fraction of sp³-hybridized carbons (Fsp3) is 0.562. The van der Waals surface area contributed by atoms with Crippen LogP contribution in [0.25, 0.3) is 0 Å². The van der Waals surface area contributed by atoms with Crippen molar-refractivity contribution < 1.29 is 9.53 Å². The molecule has 0 amide bonds. The Balaban J connectivity index is 2.13. The molecule has 3 heteroatoms. The maximum atomic E-state index is 11.2.